The van der Waals surface area contributed by atoms with Gasteiger partial charge in [0.1, 0.15) is 0 Å². The Morgan fingerprint density at radius 3 is 2.93 bits per heavy atom. The van der Waals surface area contributed by atoms with Crippen molar-refractivity contribution in [3.63, 3.8) is 0 Å². The second-order valence-electron chi connectivity index (χ2n) is 4.60. The Morgan fingerprint density at radius 1 is 1.64 bits per heavy atom. The van der Waals surface area contributed by atoms with Crippen LogP contribution in [-0.4, -0.2) is 46.6 Å². The van der Waals surface area contributed by atoms with E-state index >= 15 is 0 Å². The van der Waals surface area contributed by atoms with Gasteiger partial charge in [0, 0.05) is 18.3 Å². The van der Waals surface area contributed by atoms with Crippen LogP contribution in [0.3, 0.4) is 0 Å². The van der Waals surface area contributed by atoms with E-state index in [1.54, 1.807) is 0 Å². The third kappa shape index (κ3) is 1.77. The fraction of sp³-hybridized carbons (Fsp3) is 0.900. The summed E-state index contributed by atoms with van der Waals surface area (Å²) in [5, 5.41) is 9.10. The average Bonchev–Trinajstić information content (AvgIpc) is 2.72. The van der Waals surface area contributed by atoms with Crippen molar-refractivity contribution in [2.75, 3.05) is 24.6 Å². The number of thioether (sulfide) groups is 1. The zero-order valence-electron chi connectivity index (χ0n) is 8.53. The van der Waals surface area contributed by atoms with Crippen molar-refractivity contribution in [1.29, 1.82) is 0 Å². The Bertz CT molecular complexity index is 240. The summed E-state index contributed by atoms with van der Waals surface area (Å²) in [7, 11) is 0. The van der Waals surface area contributed by atoms with Crippen LogP contribution in [-0.2, 0) is 4.79 Å². The molecular weight excluding hydrogens is 198 g/mol. The van der Waals surface area contributed by atoms with E-state index in [-0.39, 0.29) is 0 Å². The molecule has 2 atom stereocenters. The van der Waals surface area contributed by atoms with Crippen molar-refractivity contribution in [2.24, 2.45) is 5.41 Å². The minimum atomic E-state index is -0.634. The van der Waals surface area contributed by atoms with Crippen LogP contribution in [0.4, 0.5) is 0 Å². The fourth-order valence-corrected chi connectivity index (χ4v) is 3.55. The molecule has 2 aliphatic rings. The van der Waals surface area contributed by atoms with E-state index in [0.717, 1.165) is 19.5 Å². The van der Waals surface area contributed by atoms with Gasteiger partial charge in [0.2, 0.25) is 0 Å². The molecule has 2 fully saturated rings. The summed E-state index contributed by atoms with van der Waals surface area (Å²) >= 11 is 1.99. The summed E-state index contributed by atoms with van der Waals surface area (Å²) in [5.74, 6) is 1.80. The smallest absolute Gasteiger partial charge is 0.310 e. The quantitative estimate of drug-likeness (QED) is 0.753. The lowest BCUT2D eigenvalue weighted by molar-refractivity contribution is -0.147. The zero-order valence-corrected chi connectivity index (χ0v) is 9.35. The molecule has 80 valence electrons. The van der Waals surface area contributed by atoms with Crippen LogP contribution in [0.1, 0.15) is 19.8 Å². The lowest BCUT2D eigenvalue weighted by Gasteiger charge is -2.24. The summed E-state index contributed by atoms with van der Waals surface area (Å²) in [5.41, 5.74) is -0.493. The van der Waals surface area contributed by atoms with E-state index in [1.165, 1.54) is 17.9 Å². The number of rotatable bonds is 2. The monoisotopic (exact) mass is 215 g/mol. The lowest BCUT2D eigenvalue weighted by atomic mass is 9.90. The first-order valence-corrected chi connectivity index (χ1v) is 6.32. The number of carbonyl (C=O) groups is 1. The molecule has 2 saturated heterocycles. The minimum absolute atomic E-state index is 0.493. The molecule has 0 spiro atoms. The highest BCUT2D eigenvalue weighted by molar-refractivity contribution is 7.99. The first-order chi connectivity index (χ1) is 6.62. The number of hydrogen-bond acceptors (Lipinski definition) is 3. The van der Waals surface area contributed by atoms with Crippen LogP contribution in [0.25, 0.3) is 0 Å². The Balaban J connectivity index is 1.96. The Hall–Kier alpha value is -0.220. The summed E-state index contributed by atoms with van der Waals surface area (Å²) in [6.07, 6.45) is 2.05. The van der Waals surface area contributed by atoms with Gasteiger partial charge < -0.3 is 5.11 Å². The first kappa shape index (κ1) is 10.3. The van der Waals surface area contributed by atoms with Gasteiger partial charge in [0.05, 0.1) is 5.41 Å². The maximum Gasteiger partial charge on any atom is 0.310 e. The molecule has 0 radical (unpaired) electrons. The standard InChI is InChI=1S/C10H17NO2S/c1-10(9(12)13)3-4-11(7-10)8-2-5-14-6-8/h8H,2-7H2,1H3,(H,12,13). The van der Waals surface area contributed by atoms with Crippen molar-refractivity contribution < 1.29 is 9.90 Å². The fourth-order valence-electron chi connectivity index (χ4n) is 2.29. The van der Waals surface area contributed by atoms with Gasteiger partial charge in [-0.25, -0.2) is 0 Å². The van der Waals surface area contributed by atoms with Crippen LogP contribution in [0, 0.1) is 5.41 Å². The molecule has 3 nitrogen and oxygen atoms in total. The number of likely N-dealkylation sites (tertiary alicyclic amines) is 1. The molecule has 0 aromatic carbocycles. The van der Waals surface area contributed by atoms with E-state index < -0.39 is 11.4 Å². The highest BCUT2D eigenvalue weighted by Crippen LogP contribution is 2.34. The zero-order chi connectivity index (χ0) is 10.2. The van der Waals surface area contributed by atoms with Crippen molar-refractivity contribution in [3.05, 3.63) is 0 Å². The van der Waals surface area contributed by atoms with Crippen molar-refractivity contribution in [3.8, 4) is 0 Å². The van der Waals surface area contributed by atoms with Gasteiger partial charge in [-0.3, -0.25) is 9.69 Å². The Morgan fingerprint density at radius 2 is 2.43 bits per heavy atom. The van der Waals surface area contributed by atoms with Crippen molar-refractivity contribution >= 4 is 17.7 Å². The molecule has 0 aromatic heterocycles. The number of aliphatic carboxylic acids is 1. The van der Waals surface area contributed by atoms with Crippen LogP contribution in [0.5, 0.6) is 0 Å². The van der Waals surface area contributed by atoms with Gasteiger partial charge >= 0.3 is 5.97 Å². The summed E-state index contributed by atoms with van der Waals surface area (Å²) in [4.78, 5) is 13.4. The molecular formula is C10H17NO2S. The van der Waals surface area contributed by atoms with E-state index in [2.05, 4.69) is 4.90 Å². The van der Waals surface area contributed by atoms with E-state index in [9.17, 15) is 4.79 Å². The highest BCUT2D eigenvalue weighted by Gasteiger charge is 2.42. The molecule has 1 N–H and O–H groups in total. The third-order valence-corrected chi connectivity index (χ3v) is 4.59. The van der Waals surface area contributed by atoms with Crippen LogP contribution in [0.15, 0.2) is 0 Å². The minimum Gasteiger partial charge on any atom is -0.481 e. The number of carboxylic acids is 1. The van der Waals surface area contributed by atoms with E-state index in [1.807, 2.05) is 18.7 Å². The molecule has 0 aromatic rings. The predicted octanol–water partition coefficient (Wildman–Crippen LogP) is 1.29. The predicted molar refractivity (Wildman–Crippen MR) is 57.7 cm³/mol. The Labute approximate surface area is 88.9 Å². The molecule has 2 aliphatic heterocycles. The van der Waals surface area contributed by atoms with Crippen LogP contribution >= 0.6 is 11.8 Å². The molecule has 0 amide bonds. The van der Waals surface area contributed by atoms with Gasteiger partial charge in [0.15, 0.2) is 0 Å². The highest BCUT2D eigenvalue weighted by atomic mass is 32.2. The molecule has 0 bridgehead atoms. The van der Waals surface area contributed by atoms with Gasteiger partial charge in [-0.2, -0.15) is 11.8 Å². The SMILES string of the molecule is CC1(C(=O)O)CCN(C2CCSC2)C1. The van der Waals surface area contributed by atoms with Gasteiger partial charge in [-0.15, -0.1) is 0 Å². The van der Waals surface area contributed by atoms with Crippen LogP contribution in [0.2, 0.25) is 0 Å². The normalized spacial score (nSPS) is 39.1. The summed E-state index contributed by atoms with van der Waals surface area (Å²) < 4.78 is 0. The molecule has 0 saturated carbocycles. The second-order valence-corrected chi connectivity index (χ2v) is 5.75. The number of carboxylic acid groups (broad SMARTS) is 1. The molecule has 2 rings (SSSR count). The third-order valence-electron chi connectivity index (χ3n) is 3.44. The largest absolute Gasteiger partial charge is 0.481 e. The average molecular weight is 215 g/mol. The van der Waals surface area contributed by atoms with Crippen molar-refractivity contribution in [1.82, 2.24) is 4.90 Å². The van der Waals surface area contributed by atoms with Crippen molar-refractivity contribution in [2.45, 2.75) is 25.8 Å². The van der Waals surface area contributed by atoms with E-state index in [4.69, 9.17) is 5.11 Å². The van der Waals surface area contributed by atoms with Gasteiger partial charge in [-0.1, -0.05) is 0 Å². The van der Waals surface area contributed by atoms with E-state index in [0.29, 0.717) is 6.04 Å². The van der Waals surface area contributed by atoms with Gasteiger partial charge in [-0.05, 0) is 32.1 Å². The maximum atomic E-state index is 11.1. The maximum absolute atomic E-state index is 11.1. The molecule has 2 unspecified atom stereocenters. The number of nitrogens with zero attached hydrogens (tertiary/aromatic N) is 1. The lowest BCUT2D eigenvalue weighted by Crippen LogP contribution is -2.37. The molecule has 14 heavy (non-hydrogen) atoms. The Kier molecular flexibility index (Phi) is 2.75. The molecule has 0 aliphatic carbocycles. The summed E-state index contributed by atoms with van der Waals surface area (Å²) in [6.45, 7) is 3.58. The second kappa shape index (κ2) is 3.74. The number of hydrogen-bond donors (Lipinski definition) is 1. The first-order valence-electron chi connectivity index (χ1n) is 5.17. The topological polar surface area (TPSA) is 40.5 Å². The molecule has 4 heteroatoms. The van der Waals surface area contributed by atoms with Crippen LogP contribution < -0.4 is 0 Å². The van der Waals surface area contributed by atoms with Gasteiger partial charge in [0.25, 0.3) is 0 Å². The summed E-state index contributed by atoms with van der Waals surface area (Å²) in [6, 6.07) is 0.640. The molecule has 2 heterocycles.